The molecular weight excluding hydrogens is 391 g/mol. The smallest absolute Gasteiger partial charge is 0.409 e. The maximum atomic E-state index is 12.2. The van der Waals surface area contributed by atoms with E-state index in [9.17, 15) is 13.2 Å². The van der Waals surface area contributed by atoms with Gasteiger partial charge < -0.3 is 10.5 Å². The molecule has 0 amide bonds. The lowest BCUT2D eigenvalue weighted by molar-refractivity contribution is -0.0797. The van der Waals surface area contributed by atoms with E-state index in [1.165, 1.54) is 0 Å². The summed E-state index contributed by atoms with van der Waals surface area (Å²) in [7, 11) is 0. The Morgan fingerprint density at radius 2 is 1.89 bits per heavy atom. The molecule has 2 N–H and O–H groups in total. The number of hydrogen-bond donors (Lipinski definition) is 1. The first-order valence-electron chi connectivity index (χ1n) is 8.18. The number of amidine groups is 1. The van der Waals surface area contributed by atoms with Crippen LogP contribution >= 0.6 is 11.6 Å². The molecule has 0 spiro atoms. The summed E-state index contributed by atoms with van der Waals surface area (Å²) in [6.45, 7) is 0.109. The summed E-state index contributed by atoms with van der Waals surface area (Å²) in [5.74, 6) is 0.926. The summed E-state index contributed by atoms with van der Waals surface area (Å²) in [4.78, 5) is 8.35. The highest BCUT2D eigenvalue weighted by atomic mass is 35.5. The number of aliphatic imine (C=N–C) groups is 1. The molecule has 1 aromatic heterocycles. The lowest BCUT2D eigenvalue weighted by Gasteiger charge is -2.11. The summed E-state index contributed by atoms with van der Waals surface area (Å²) in [5.41, 5.74) is 6.89. The van der Waals surface area contributed by atoms with Crippen LogP contribution in [0.25, 0.3) is 10.9 Å². The molecule has 0 aliphatic heterocycles. The largest absolute Gasteiger partial charge is 0.455 e. The molecule has 0 fully saturated rings. The Morgan fingerprint density at radius 1 is 1.14 bits per heavy atom. The zero-order chi connectivity index (χ0) is 20.1. The van der Waals surface area contributed by atoms with Crippen molar-refractivity contribution in [1.82, 2.24) is 4.98 Å². The fourth-order valence-electron chi connectivity index (χ4n) is 2.46. The van der Waals surface area contributed by atoms with Gasteiger partial charge in [-0.3, -0.25) is 9.98 Å². The number of allylic oxidation sites excluding steroid dienone is 1. The Morgan fingerprint density at radius 3 is 2.61 bits per heavy atom. The van der Waals surface area contributed by atoms with Gasteiger partial charge in [-0.25, -0.2) is 0 Å². The molecule has 28 heavy (non-hydrogen) atoms. The van der Waals surface area contributed by atoms with Crippen LogP contribution in [0.15, 0.2) is 71.9 Å². The van der Waals surface area contributed by atoms with Crippen LogP contribution in [0.2, 0.25) is 5.02 Å². The predicted molar refractivity (Wildman–Crippen MR) is 104 cm³/mol. The third-order valence-corrected chi connectivity index (χ3v) is 3.99. The van der Waals surface area contributed by atoms with Crippen LogP contribution in [0, 0.1) is 0 Å². The standard InChI is InChI=1S/C20H15ClF3N3O/c21-14-4-6-15(7-5-14)28-17-8-3-13(16-2-1-11-26-19(16)17)12-27-18(25)9-10-20(22,23)24/h1-11H,12H2,(H2,25,27)/b10-9+. The number of hydrogen-bond acceptors (Lipinski definition) is 3. The van der Waals surface area contributed by atoms with Crippen molar-refractivity contribution in [3.05, 3.63) is 77.5 Å². The van der Waals surface area contributed by atoms with Crippen molar-refractivity contribution in [2.45, 2.75) is 12.7 Å². The van der Waals surface area contributed by atoms with Gasteiger partial charge in [0.25, 0.3) is 0 Å². The SMILES string of the molecule is NC(/C=C/C(F)(F)F)=NCc1ccc(Oc2ccc(Cl)cc2)c2ncccc12. The highest BCUT2D eigenvalue weighted by molar-refractivity contribution is 6.30. The maximum Gasteiger partial charge on any atom is 0.409 e. The van der Waals surface area contributed by atoms with Crippen molar-refractivity contribution < 1.29 is 17.9 Å². The van der Waals surface area contributed by atoms with Crippen molar-refractivity contribution in [3.63, 3.8) is 0 Å². The fraction of sp³-hybridized carbons (Fsp3) is 0.100. The Balaban J connectivity index is 1.87. The normalized spacial score (nSPS) is 12.6. The topological polar surface area (TPSA) is 60.5 Å². The number of ether oxygens (including phenoxy) is 1. The van der Waals surface area contributed by atoms with Gasteiger partial charge in [-0.1, -0.05) is 23.7 Å². The van der Waals surface area contributed by atoms with Gasteiger partial charge >= 0.3 is 6.18 Å². The summed E-state index contributed by atoms with van der Waals surface area (Å²) >= 11 is 5.88. The number of nitrogens with two attached hydrogens (primary N) is 1. The monoisotopic (exact) mass is 405 g/mol. The number of halogens is 4. The van der Waals surface area contributed by atoms with Crippen molar-refractivity contribution in [2.24, 2.45) is 10.7 Å². The molecule has 0 atom stereocenters. The molecule has 3 aromatic rings. The van der Waals surface area contributed by atoms with Gasteiger partial charge in [0.2, 0.25) is 0 Å². The minimum absolute atomic E-state index is 0.0501. The van der Waals surface area contributed by atoms with E-state index in [1.54, 1.807) is 48.7 Å². The van der Waals surface area contributed by atoms with E-state index in [0.29, 0.717) is 22.0 Å². The average Bonchev–Trinajstić information content (AvgIpc) is 2.67. The van der Waals surface area contributed by atoms with Crippen LogP contribution in [0.5, 0.6) is 11.5 Å². The molecule has 0 saturated carbocycles. The van der Waals surface area contributed by atoms with E-state index in [2.05, 4.69) is 9.98 Å². The molecule has 0 bridgehead atoms. The lowest BCUT2D eigenvalue weighted by atomic mass is 10.1. The van der Waals surface area contributed by atoms with E-state index in [1.807, 2.05) is 6.07 Å². The second-order valence-corrected chi connectivity index (χ2v) is 6.23. The Bertz CT molecular complexity index is 1030. The third-order valence-electron chi connectivity index (χ3n) is 3.74. The van der Waals surface area contributed by atoms with Gasteiger partial charge in [0.05, 0.1) is 6.54 Å². The van der Waals surface area contributed by atoms with Crippen LogP contribution in [0.1, 0.15) is 5.56 Å². The van der Waals surface area contributed by atoms with Crippen LogP contribution in [0.4, 0.5) is 13.2 Å². The molecule has 0 aliphatic rings. The second kappa shape index (κ2) is 8.31. The molecule has 0 aliphatic carbocycles. The molecule has 1 heterocycles. The van der Waals surface area contributed by atoms with E-state index in [0.717, 1.165) is 17.0 Å². The Kier molecular flexibility index (Phi) is 5.84. The van der Waals surface area contributed by atoms with Crippen molar-refractivity contribution >= 4 is 28.3 Å². The number of rotatable bonds is 5. The summed E-state index contributed by atoms with van der Waals surface area (Å²) < 4.78 is 42.5. The van der Waals surface area contributed by atoms with Crippen LogP contribution in [-0.2, 0) is 6.54 Å². The third kappa shape index (κ3) is 5.23. The number of nitrogens with zero attached hydrogens (tertiary/aromatic N) is 2. The first-order chi connectivity index (χ1) is 13.3. The zero-order valence-electron chi connectivity index (χ0n) is 14.4. The average molecular weight is 406 g/mol. The number of alkyl halides is 3. The van der Waals surface area contributed by atoms with Gasteiger partial charge in [0, 0.05) is 22.7 Å². The number of pyridine rings is 1. The van der Waals surface area contributed by atoms with Gasteiger partial charge in [0.15, 0.2) is 5.75 Å². The van der Waals surface area contributed by atoms with E-state index >= 15 is 0 Å². The minimum Gasteiger partial charge on any atom is -0.455 e. The highest BCUT2D eigenvalue weighted by Gasteiger charge is 2.21. The first kappa shape index (κ1) is 19.7. The van der Waals surface area contributed by atoms with Crippen molar-refractivity contribution in [1.29, 1.82) is 0 Å². The van der Waals surface area contributed by atoms with Crippen molar-refractivity contribution in [3.8, 4) is 11.5 Å². The molecule has 2 aromatic carbocycles. The summed E-state index contributed by atoms with van der Waals surface area (Å²) in [5, 5.41) is 1.37. The summed E-state index contributed by atoms with van der Waals surface area (Å²) in [6, 6.07) is 14.0. The number of fused-ring (bicyclic) bond motifs is 1. The molecule has 3 rings (SSSR count). The Hall–Kier alpha value is -3.06. The molecular formula is C20H15ClF3N3O. The second-order valence-electron chi connectivity index (χ2n) is 5.79. The summed E-state index contributed by atoms with van der Waals surface area (Å²) in [6.07, 6.45) is -2.02. The minimum atomic E-state index is -4.43. The first-order valence-corrected chi connectivity index (χ1v) is 8.55. The molecule has 8 heteroatoms. The number of aromatic nitrogens is 1. The van der Waals surface area contributed by atoms with E-state index in [-0.39, 0.29) is 18.5 Å². The Labute approximate surface area is 164 Å². The molecule has 144 valence electrons. The quantitative estimate of drug-likeness (QED) is 0.440. The molecule has 0 unspecified atom stereocenters. The zero-order valence-corrected chi connectivity index (χ0v) is 15.2. The van der Waals surface area contributed by atoms with Gasteiger partial charge in [-0.15, -0.1) is 0 Å². The van der Waals surface area contributed by atoms with E-state index in [4.69, 9.17) is 22.1 Å². The lowest BCUT2D eigenvalue weighted by Crippen LogP contribution is -2.11. The highest BCUT2D eigenvalue weighted by Crippen LogP contribution is 2.31. The molecule has 0 radical (unpaired) electrons. The van der Waals surface area contributed by atoms with Crippen LogP contribution in [-0.4, -0.2) is 17.0 Å². The maximum absolute atomic E-state index is 12.2. The van der Waals surface area contributed by atoms with Gasteiger partial charge in [-0.2, -0.15) is 13.2 Å². The van der Waals surface area contributed by atoms with Crippen molar-refractivity contribution in [2.75, 3.05) is 0 Å². The van der Waals surface area contributed by atoms with Crippen LogP contribution in [0.3, 0.4) is 0 Å². The van der Waals surface area contributed by atoms with Gasteiger partial charge in [0.1, 0.15) is 17.1 Å². The fourth-order valence-corrected chi connectivity index (χ4v) is 2.59. The molecule has 0 saturated heterocycles. The number of benzene rings is 2. The molecule has 4 nitrogen and oxygen atoms in total. The predicted octanol–water partition coefficient (Wildman–Crippen LogP) is 5.66. The van der Waals surface area contributed by atoms with Crippen LogP contribution < -0.4 is 10.5 Å². The van der Waals surface area contributed by atoms with E-state index < -0.39 is 6.18 Å². The van der Waals surface area contributed by atoms with Gasteiger partial charge in [-0.05, 0) is 48.0 Å².